The molecule has 0 unspecified atom stereocenters. The average Bonchev–Trinajstić information content (AvgIpc) is 2.34. The van der Waals surface area contributed by atoms with Crippen molar-refractivity contribution in [2.75, 3.05) is 11.9 Å². The summed E-state index contributed by atoms with van der Waals surface area (Å²) in [4.78, 5) is 20.5. The monoisotopic (exact) mass is 236 g/mol. The van der Waals surface area contributed by atoms with Crippen LogP contribution in [-0.4, -0.2) is 17.6 Å². The first-order valence-electron chi connectivity index (χ1n) is 5.61. The van der Waals surface area contributed by atoms with Crippen LogP contribution in [0.25, 0.3) is 0 Å². The Labute approximate surface area is 99.8 Å². The van der Waals surface area contributed by atoms with E-state index in [1.54, 1.807) is 24.3 Å². The van der Waals surface area contributed by atoms with E-state index in [9.17, 15) is 9.70 Å². The van der Waals surface area contributed by atoms with Gasteiger partial charge in [0.2, 0.25) is 0 Å². The molecule has 0 fully saturated rings. The van der Waals surface area contributed by atoms with Gasteiger partial charge in [0.15, 0.2) is 0 Å². The summed E-state index contributed by atoms with van der Waals surface area (Å²) in [5, 5.41) is 14.5. The van der Waals surface area contributed by atoms with Gasteiger partial charge in [0.1, 0.15) is 5.69 Å². The van der Waals surface area contributed by atoms with E-state index >= 15 is 0 Å². The molecule has 0 spiro atoms. The third-order valence-electron chi connectivity index (χ3n) is 2.37. The molecule has 0 aromatic heterocycles. The Bertz CT molecular complexity index is 363. The van der Waals surface area contributed by atoms with E-state index in [0.717, 1.165) is 25.1 Å². The highest BCUT2D eigenvalue weighted by Crippen LogP contribution is 2.15. The van der Waals surface area contributed by atoms with Crippen molar-refractivity contribution in [3.63, 3.8) is 0 Å². The quantitative estimate of drug-likeness (QED) is 0.536. The van der Waals surface area contributed by atoms with Crippen LogP contribution in [0.2, 0.25) is 0 Å². The van der Waals surface area contributed by atoms with E-state index in [1.807, 2.05) is 0 Å². The van der Waals surface area contributed by atoms with Gasteiger partial charge in [0.05, 0.1) is 0 Å². The number of hydrogen-bond donors (Lipinski definition) is 2. The number of rotatable bonds is 8. The highest BCUT2D eigenvalue weighted by Gasteiger charge is 1.97. The van der Waals surface area contributed by atoms with Gasteiger partial charge in [-0.15, -0.1) is 4.91 Å². The first-order valence-corrected chi connectivity index (χ1v) is 5.61. The van der Waals surface area contributed by atoms with Gasteiger partial charge in [-0.3, -0.25) is 4.79 Å². The summed E-state index contributed by atoms with van der Waals surface area (Å²) in [6.45, 7) is 0.799. The zero-order valence-corrected chi connectivity index (χ0v) is 9.56. The van der Waals surface area contributed by atoms with Crippen LogP contribution in [0.5, 0.6) is 0 Å². The number of carboxylic acid groups (broad SMARTS) is 1. The lowest BCUT2D eigenvalue weighted by Gasteiger charge is -2.05. The van der Waals surface area contributed by atoms with Crippen LogP contribution in [-0.2, 0) is 4.79 Å². The van der Waals surface area contributed by atoms with Crippen molar-refractivity contribution in [2.45, 2.75) is 25.7 Å². The summed E-state index contributed by atoms with van der Waals surface area (Å²) < 4.78 is 0. The molecule has 17 heavy (non-hydrogen) atoms. The standard InChI is InChI=1S/C12H16N2O3/c15-12(16)4-2-1-3-9-13-10-5-7-11(14-17)8-6-10/h5-8,13H,1-4,9H2,(H,15,16). The van der Waals surface area contributed by atoms with Gasteiger partial charge >= 0.3 is 5.97 Å². The van der Waals surface area contributed by atoms with Gasteiger partial charge in [0, 0.05) is 18.7 Å². The molecule has 5 heteroatoms. The lowest BCUT2D eigenvalue weighted by molar-refractivity contribution is -0.137. The molecule has 0 amide bonds. The fourth-order valence-corrected chi connectivity index (χ4v) is 1.45. The van der Waals surface area contributed by atoms with Gasteiger partial charge in [-0.05, 0) is 42.3 Å². The van der Waals surface area contributed by atoms with Crippen LogP contribution >= 0.6 is 0 Å². The van der Waals surface area contributed by atoms with E-state index in [1.165, 1.54) is 0 Å². The van der Waals surface area contributed by atoms with Crippen molar-refractivity contribution < 1.29 is 9.90 Å². The molecule has 0 aliphatic carbocycles. The second-order valence-electron chi connectivity index (χ2n) is 3.77. The summed E-state index contributed by atoms with van der Waals surface area (Å²) >= 11 is 0. The molecule has 0 aliphatic heterocycles. The predicted molar refractivity (Wildman–Crippen MR) is 66.5 cm³/mol. The third kappa shape index (κ3) is 5.65. The van der Waals surface area contributed by atoms with E-state index in [0.29, 0.717) is 12.1 Å². The molecule has 0 radical (unpaired) electrons. The van der Waals surface area contributed by atoms with Crippen LogP contribution in [0.4, 0.5) is 11.4 Å². The highest BCUT2D eigenvalue weighted by atomic mass is 16.4. The van der Waals surface area contributed by atoms with Gasteiger partial charge in [-0.25, -0.2) is 0 Å². The summed E-state index contributed by atoms with van der Waals surface area (Å²) in [7, 11) is 0. The Balaban J connectivity index is 2.13. The van der Waals surface area contributed by atoms with Crippen LogP contribution in [0, 0.1) is 4.91 Å². The normalized spacial score (nSPS) is 9.88. The smallest absolute Gasteiger partial charge is 0.303 e. The van der Waals surface area contributed by atoms with Crippen molar-refractivity contribution >= 4 is 17.3 Å². The minimum absolute atomic E-state index is 0.236. The highest BCUT2D eigenvalue weighted by molar-refractivity contribution is 5.66. The SMILES string of the molecule is O=Nc1ccc(NCCCCCC(=O)O)cc1. The Kier molecular flexibility index (Phi) is 5.71. The third-order valence-corrected chi connectivity index (χ3v) is 2.37. The number of anilines is 1. The minimum Gasteiger partial charge on any atom is -0.481 e. The Morgan fingerprint density at radius 3 is 2.47 bits per heavy atom. The maximum Gasteiger partial charge on any atom is 0.303 e. The Morgan fingerprint density at radius 1 is 1.18 bits per heavy atom. The fraction of sp³-hybridized carbons (Fsp3) is 0.417. The summed E-state index contributed by atoms with van der Waals surface area (Å²) in [6.07, 6.45) is 2.78. The number of benzene rings is 1. The molecule has 0 heterocycles. The molecule has 0 aliphatic rings. The van der Waals surface area contributed by atoms with E-state index in [4.69, 9.17) is 5.11 Å². The maximum absolute atomic E-state index is 10.3. The first kappa shape index (κ1) is 13.2. The number of nitroso groups, excluding NO2 is 1. The van der Waals surface area contributed by atoms with Crippen molar-refractivity contribution in [3.05, 3.63) is 29.2 Å². The van der Waals surface area contributed by atoms with Crippen LogP contribution in [0.15, 0.2) is 29.4 Å². The molecular weight excluding hydrogens is 220 g/mol. The van der Waals surface area contributed by atoms with Crippen molar-refractivity contribution in [1.29, 1.82) is 0 Å². The molecule has 0 saturated heterocycles. The number of carboxylic acids is 1. The number of nitrogens with zero attached hydrogens (tertiary/aromatic N) is 1. The Hall–Kier alpha value is -1.91. The molecule has 92 valence electrons. The van der Waals surface area contributed by atoms with Crippen molar-refractivity contribution in [3.8, 4) is 0 Å². The Morgan fingerprint density at radius 2 is 1.88 bits per heavy atom. The molecular formula is C12H16N2O3. The number of aliphatic carboxylic acids is 1. The number of hydrogen-bond acceptors (Lipinski definition) is 4. The molecule has 0 bridgehead atoms. The molecule has 2 N–H and O–H groups in total. The first-order chi connectivity index (χ1) is 8.22. The van der Waals surface area contributed by atoms with Gasteiger partial charge in [-0.1, -0.05) is 6.42 Å². The summed E-state index contributed by atoms with van der Waals surface area (Å²) in [6, 6.07) is 6.90. The number of unbranched alkanes of at least 4 members (excludes halogenated alkanes) is 2. The summed E-state index contributed by atoms with van der Waals surface area (Å²) in [5.74, 6) is -0.741. The van der Waals surface area contributed by atoms with Gasteiger partial charge in [-0.2, -0.15) is 0 Å². The zero-order chi connectivity index (χ0) is 12.5. The zero-order valence-electron chi connectivity index (χ0n) is 9.56. The second kappa shape index (κ2) is 7.38. The van der Waals surface area contributed by atoms with Crippen molar-refractivity contribution in [1.82, 2.24) is 0 Å². The topological polar surface area (TPSA) is 78.8 Å². The van der Waals surface area contributed by atoms with Gasteiger partial charge in [0.25, 0.3) is 0 Å². The van der Waals surface area contributed by atoms with E-state index in [-0.39, 0.29) is 6.42 Å². The molecule has 5 nitrogen and oxygen atoms in total. The van der Waals surface area contributed by atoms with Crippen LogP contribution in [0.1, 0.15) is 25.7 Å². The minimum atomic E-state index is -0.741. The molecule has 0 atom stereocenters. The fourth-order valence-electron chi connectivity index (χ4n) is 1.45. The molecule has 1 aromatic rings. The van der Waals surface area contributed by atoms with Gasteiger partial charge < -0.3 is 10.4 Å². The number of nitrogens with one attached hydrogen (secondary N) is 1. The second-order valence-corrected chi connectivity index (χ2v) is 3.77. The number of carbonyl (C=O) groups is 1. The van der Waals surface area contributed by atoms with Crippen molar-refractivity contribution in [2.24, 2.45) is 5.18 Å². The van der Waals surface area contributed by atoms with E-state index < -0.39 is 5.97 Å². The lowest BCUT2D eigenvalue weighted by Crippen LogP contribution is -2.01. The maximum atomic E-state index is 10.3. The predicted octanol–water partition coefficient (Wildman–Crippen LogP) is 3.14. The average molecular weight is 236 g/mol. The van der Waals surface area contributed by atoms with E-state index in [2.05, 4.69) is 10.5 Å². The molecule has 1 rings (SSSR count). The molecule has 0 saturated carbocycles. The molecule has 1 aromatic carbocycles. The van der Waals surface area contributed by atoms with Crippen LogP contribution in [0.3, 0.4) is 0 Å². The summed E-state index contributed by atoms with van der Waals surface area (Å²) in [5.41, 5.74) is 1.35. The lowest BCUT2D eigenvalue weighted by atomic mass is 10.2. The van der Waals surface area contributed by atoms with Crippen LogP contribution < -0.4 is 5.32 Å². The largest absolute Gasteiger partial charge is 0.481 e.